The standard InChI is InChI=1S/C50H64N4O7S/c1-33-15-26-41(27-16-33)62(58,59)53-42(29-35-11-7-6-8-12-35)47(56)51-30-36-17-23-40(24-18-36)49-60-45(34(2)46(61-49)39-21-19-37(32-55)20-22-39)31-54-43-14-10-9-13-38(43)25-28-44(54)48(57)52-50(3,4)5/h6-8,11-12,15-24,26-27,34,38,42-46,49,53,55H,9-10,13-14,25,28-32H2,1-5H3,(H,51,56)(H,52,57)/t34-,38-,42-,43-,44-,45+,46+,49+/m1/s1. The summed E-state index contributed by atoms with van der Waals surface area (Å²) in [5.74, 6) is 0.145. The van der Waals surface area contributed by atoms with Gasteiger partial charge in [-0.1, -0.05) is 116 Å². The quantitative estimate of drug-likeness (QED) is 0.103. The van der Waals surface area contributed by atoms with Crippen molar-refractivity contribution in [3.8, 4) is 0 Å². The molecule has 1 aliphatic carbocycles. The minimum atomic E-state index is -3.98. The Bertz CT molecular complexity index is 2210. The molecule has 4 aromatic rings. The number of nitrogens with zero attached hydrogens (tertiary/aromatic N) is 1. The monoisotopic (exact) mass is 864 g/mol. The van der Waals surface area contributed by atoms with Crippen molar-refractivity contribution in [2.75, 3.05) is 6.54 Å². The van der Waals surface area contributed by atoms with E-state index in [-0.39, 0.29) is 60.1 Å². The lowest BCUT2D eigenvalue weighted by atomic mass is 9.75. The third kappa shape index (κ3) is 11.4. The Hall–Kier alpha value is -4.43. The lowest BCUT2D eigenvalue weighted by Crippen LogP contribution is -2.61. The molecule has 3 fully saturated rings. The predicted molar refractivity (Wildman–Crippen MR) is 240 cm³/mol. The Balaban J connectivity index is 1.09. The van der Waals surface area contributed by atoms with Crippen molar-refractivity contribution in [1.82, 2.24) is 20.3 Å². The Morgan fingerprint density at radius 3 is 2.15 bits per heavy atom. The van der Waals surface area contributed by atoms with Crippen molar-refractivity contribution in [2.24, 2.45) is 11.8 Å². The van der Waals surface area contributed by atoms with Gasteiger partial charge in [0.2, 0.25) is 21.8 Å². The number of amides is 2. The molecule has 2 heterocycles. The van der Waals surface area contributed by atoms with Crippen molar-refractivity contribution in [1.29, 1.82) is 0 Å². The molecule has 2 aliphatic heterocycles. The van der Waals surface area contributed by atoms with E-state index in [0.717, 1.165) is 59.1 Å². The molecule has 1 saturated carbocycles. The Kier molecular flexibility index (Phi) is 14.7. The van der Waals surface area contributed by atoms with E-state index in [2.05, 4.69) is 27.2 Å². The number of rotatable bonds is 14. The maximum atomic E-state index is 13.9. The highest BCUT2D eigenvalue weighted by atomic mass is 32.2. The lowest BCUT2D eigenvalue weighted by Gasteiger charge is -2.51. The first-order valence-electron chi connectivity index (χ1n) is 22.3. The first-order valence-corrected chi connectivity index (χ1v) is 23.7. The minimum Gasteiger partial charge on any atom is -0.392 e. The van der Waals surface area contributed by atoms with Crippen LogP contribution in [0.5, 0.6) is 0 Å². The highest BCUT2D eigenvalue weighted by Crippen LogP contribution is 2.44. The number of ether oxygens (including phenoxy) is 2. The maximum absolute atomic E-state index is 13.9. The summed E-state index contributed by atoms with van der Waals surface area (Å²) in [5, 5.41) is 16.0. The summed E-state index contributed by atoms with van der Waals surface area (Å²) >= 11 is 0. The van der Waals surface area contributed by atoms with Gasteiger partial charge in [0.15, 0.2) is 6.29 Å². The zero-order valence-electron chi connectivity index (χ0n) is 36.8. The molecule has 332 valence electrons. The number of aliphatic hydroxyl groups is 1. The summed E-state index contributed by atoms with van der Waals surface area (Å²) < 4.78 is 43.2. The van der Waals surface area contributed by atoms with Gasteiger partial charge in [0, 0.05) is 36.2 Å². The Labute approximate surface area is 368 Å². The molecule has 0 bridgehead atoms. The maximum Gasteiger partial charge on any atom is 0.241 e. The number of likely N-dealkylation sites (tertiary alicyclic amines) is 1. The molecule has 2 amide bonds. The predicted octanol–water partition coefficient (Wildman–Crippen LogP) is 7.42. The number of hydrogen-bond donors (Lipinski definition) is 4. The Morgan fingerprint density at radius 1 is 0.806 bits per heavy atom. The first kappa shape index (κ1) is 45.6. The number of aliphatic hydroxyl groups excluding tert-OH is 1. The van der Waals surface area contributed by atoms with E-state index >= 15 is 0 Å². The van der Waals surface area contributed by atoms with Gasteiger partial charge in [-0.25, -0.2) is 8.42 Å². The van der Waals surface area contributed by atoms with Crippen LogP contribution >= 0.6 is 0 Å². The minimum absolute atomic E-state index is 0.0468. The number of aryl methyl sites for hydroxylation is 1. The summed E-state index contributed by atoms with van der Waals surface area (Å²) in [6.45, 7) is 10.9. The van der Waals surface area contributed by atoms with Crippen molar-refractivity contribution in [3.05, 3.63) is 137 Å². The fourth-order valence-electron chi connectivity index (χ4n) is 9.38. The van der Waals surface area contributed by atoms with Crippen LogP contribution in [-0.2, 0) is 48.7 Å². The fraction of sp³-hybridized carbons (Fsp3) is 0.480. The fourth-order valence-corrected chi connectivity index (χ4v) is 10.6. The van der Waals surface area contributed by atoms with Gasteiger partial charge in [0.05, 0.1) is 29.8 Å². The molecule has 7 rings (SSSR count). The van der Waals surface area contributed by atoms with E-state index in [0.29, 0.717) is 18.5 Å². The summed E-state index contributed by atoms with van der Waals surface area (Å²) in [4.78, 5) is 30.2. The molecule has 3 aliphatic rings. The summed E-state index contributed by atoms with van der Waals surface area (Å²) in [6, 6.07) is 30.5. The molecule has 2 saturated heterocycles. The van der Waals surface area contributed by atoms with Gasteiger partial charge in [-0.05, 0) is 100 Å². The third-order valence-electron chi connectivity index (χ3n) is 12.8. The van der Waals surface area contributed by atoms with Crippen LogP contribution in [0.1, 0.15) is 112 Å². The van der Waals surface area contributed by atoms with Crippen LogP contribution in [-0.4, -0.2) is 66.6 Å². The number of nitrogens with one attached hydrogen (secondary N) is 3. The molecular weight excluding hydrogens is 801 g/mol. The van der Waals surface area contributed by atoms with Crippen LogP contribution in [0.15, 0.2) is 108 Å². The number of carbonyl (C=O) groups excluding carboxylic acids is 2. The molecule has 0 unspecified atom stereocenters. The summed E-state index contributed by atoms with van der Waals surface area (Å²) in [7, 11) is -3.98. The van der Waals surface area contributed by atoms with E-state index in [1.165, 1.54) is 25.0 Å². The lowest BCUT2D eigenvalue weighted by molar-refractivity contribution is -0.278. The molecule has 4 aromatic carbocycles. The number of carbonyl (C=O) groups is 2. The number of piperidine rings is 1. The van der Waals surface area contributed by atoms with E-state index < -0.39 is 28.3 Å². The zero-order valence-corrected chi connectivity index (χ0v) is 37.6. The Morgan fingerprint density at radius 2 is 1.47 bits per heavy atom. The molecule has 0 radical (unpaired) electrons. The number of sulfonamides is 1. The SMILES string of the molecule is Cc1ccc(S(=O)(=O)N[C@H](Cc2ccccc2)C(=O)NCc2ccc([C@H]3O[C@@H](CN4[C@@H](C(=O)NC(C)(C)C)CC[C@H]5CCCC[C@H]54)[C@@H](C)[C@@H](c4ccc(CO)cc4)O3)cc2)cc1. The van der Waals surface area contributed by atoms with E-state index in [4.69, 9.17) is 9.47 Å². The highest BCUT2D eigenvalue weighted by molar-refractivity contribution is 7.89. The molecular formula is C50H64N4O7S. The largest absolute Gasteiger partial charge is 0.392 e. The molecule has 0 aromatic heterocycles. The second-order valence-electron chi connectivity index (χ2n) is 18.6. The van der Waals surface area contributed by atoms with Gasteiger partial charge < -0.3 is 25.2 Å². The number of fused-ring (bicyclic) bond motifs is 1. The van der Waals surface area contributed by atoms with Crippen LogP contribution in [0.4, 0.5) is 0 Å². The van der Waals surface area contributed by atoms with Crippen molar-refractivity contribution in [2.45, 2.75) is 140 Å². The zero-order chi connectivity index (χ0) is 44.0. The van der Waals surface area contributed by atoms with Crippen LogP contribution in [0.3, 0.4) is 0 Å². The second kappa shape index (κ2) is 20.0. The molecule has 4 N–H and O–H groups in total. The first-order chi connectivity index (χ1) is 29.7. The highest BCUT2D eigenvalue weighted by Gasteiger charge is 2.46. The molecule has 62 heavy (non-hydrogen) atoms. The normalized spacial score (nSPS) is 25.0. The van der Waals surface area contributed by atoms with Crippen molar-refractivity contribution >= 4 is 21.8 Å². The van der Waals surface area contributed by atoms with Crippen LogP contribution in [0.2, 0.25) is 0 Å². The molecule has 11 nitrogen and oxygen atoms in total. The van der Waals surface area contributed by atoms with Crippen LogP contribution < -0.4 is 15.4 Å². The smallest absolute Gasteiger partial charge is 0.241 e. The number of hydrogen-bond acceptors (Lipinski definition) is 8. The van der Waals surface area contributed by atoms with Gasteiger partial charge in [0.1, 0.15) is 6.04 Å². The molecule has 8 atom stereocenters. The van der Waals surface area contributed by atoms with E-state index in [1.54, 1.807) is 12.1 Å². The van der Waals surface area contributed by atoms with Gasteiger partial charge in [0.25, 0.3) is 0 Å². The van der Waals surface area contributed by atoms with Crippen molar-refractivity contribution in [3.63, 3.8) is 0 Å². The molecule has 0 spiro atoms. The topological polar surface area (TPSA) is 146 Å². The average molecular weight is 865 g/mol. The van der Waals surface area contributed by atoms with Gasteiger partial charge >= 0.3 is 0 Å². The third-order valence-corrected chi connectivity index (χ3v) is 14.3. The van der Waals surface area contributed by atoms with Gasteiger partial charge in [-0.2, -0.15) is 4.72 Å². The summed E-state index contributed by atoms with van der Waals surface area (Å²) in [6.07, 6.45) is 5.41. The van der Waals surface area contributed by atoms with Gasteiger partial charge in [-0.3, -0.25) is 14.5 Å². The second-order valence-corrected chi connectivity index (χ2v) is 20.3. The molecule has 12 heteroatoms. The van der Waals surface area contributed by atoms with Crippen molar-refractivity contribution < 1.29 is 32.6 Å². The average Bonchev–Trinajstić information content (AvgIpc) is 3.26. The van der Waals surface area contributed by atoms with Crippen LogP contribution in [0.25, 0.3) is 0 Å². The van der Waals surface area contributed by atoms with Crippen LogP contribution in [0, 0.1) is 18.8 Å². The van der Waals surface area contributed by atoms with E-state index in [9.17, 15) is 23.1 Å². The van der Waals surface area contributed by atoms with Gasteiger partial charge in [-0.15, -0.1) is 0 Å². The van der Waals surface area contributed by atoms with E-state index in [1.807, 2.05) is 107 Å². The summed E-state index contributed by atoms with van der Waals surface area (Å²) in [5.41, 5.74) is 4.87. The number of benzene rings is 4.